The number of benzene rings is 1. The van der Waals surface area contributed by atoms with E-state index in [2.05, 4.69) is 4.98 Å². The predicted octanol–water partition coefficient (Wildman–Crippen LogP) is 3.72. The standard InChI is InChI=1S/C13H11ClFNO2/c1-8(17)9-5-6-12(16-7-9)18-11-4-2-3-10(14)13(11)15/h2-8,17H,1H3/t8-/m1/s1. The average molecular weight is 268 g/mol. The van der Waals surface area contributed by atoms with Gasteiger partial charge in [0.25, 0.3) is 0 Å². The molecule has 94 valence electrons. The highest BCUT2D eigenvalue weighted by Gasteiger charge is 2.09. The molecule has 0 unspecified atom stereocenters. The maximum atomic E-state index is 13.6. The fourth-order valence-electron chi connectivity index (χ4n) is 1.37. The lowest BCUT2D eigenvalue weighted by molar-refractivity contribution is 0.198. The fraction of sp³-hybridized carbons (Fsp3) is 0.154. The van der Waals surface area contributed by atoms with Crippen molar-refractivity contribution >= 4 is 11.6 Å². The molecule has 18 heavy (non-hydrogen) atoms. The van der Waals surface area contributed by atoms with E-state index in [0.717, 1.165) is 0 Å². The summed E-state index contributed by atoms with van der Waals surface area (Å²) in [5.74, 6) is -0.374. The van der Waals surface area contributed by atoms with Crippen molar-refractivity contribution in [3.8, 4) is 11.6 Å². The largest absolute Gasteiger partial charge is 0.436 e. The molecule has 0 bridgehead atoms. The molecule has 1 N–H and O–H groups in total. The molecule has 0 aliphatic rings. The quantitative estimate of drug-likeness (QED) is 0.922. The highest BCUT2D eigenvalue weighted by Crippen LogP contribution is 2.28. The Morgan fingerprint density at radius 2 is 2.11 bits per heavy atom. The first-order chi connectivity index (χ1) is 8.58. The fourth-order valence-corrected chi connectivity index (χ4v) is 1.54. The molecular weight excluding hydrogens is 257 g/mol. The van der Waals surface area contributed by atoms with Crippen LogP contribution in [0.2, 0.25) is 5.02 Å². The Hall–Kier alpha value is -1.65. The summed E-state index contributed by atoms with van der Waals surface area (Å²) < 4.78 is 18.8. The van der Waals surface area contributed by atoms with Crippen LogP contribution in [0.25, 0.3) is 0 Å². The van der Waals surface area contributed by atoms with Crippen molar-refractivity contribution in [3.05, 3.63) is 52.9 Å². The Morgan fingerprint density at radius 3 is 2.72 bits per heavy atom. The molecule has 0 amide bonds. The Balaban J connectivity index is 2.21. The zero-order chi connectivity index (χ0) is 13.1. The molecule has 3 nitrogen and oxygen atoms in total. The van der Waals surface area contributed by atoms with E-state index >= 15 is 0 Å². The van der Waals surface area contributed by atoms with Crippen molar-refractivity contribution in [2.75, 3.05) is 0 Å². The van der Waals surface area contributed by atoms with Gasteiger partial charge in [-0.15, -0.1) is 0 Å². The number of aliphatic hydroxyl groups excluding tert-OH is 1. The normalized spacial score (nSPS) is 12.2. The van der Waals surface area contributed by atoms with Crippen LogP contribution in [0.4, 0.5) is 4.39 Å². The molecule has 0 aliphatic carbocycles. The van der Waals surface area contributed by atoms with Crippen LogP contribution in [0.15, 0.2) is 36.5 Å². The van der Waals surface area contributed by atoms with Gasteiger partial charge < -0.3 is 9.84 Å². The number of halogens is 2. The minimum Gasteiger partial charge on any atom is -0.436 e. The van der Waals surface area contributed by atoms with Gasteiger partial charge in [-0.3, -0.25) is 0 Å². The third-order valence-corrected chi connectivity index (χ3v) is 2.66. The summed E-state index contributed by atoms with van der Waals surface area (Å²) in [5, 5.41) is 9.32. The summed E-state index contributed by atoms with van der Waals surface area (Å²) >= 11 is 5.64. The van der Waals surface area contributed by atoms with E-state index in [9.17, 15) is 9.50 Å². The smallest absolute Gasteiger partial charge is 0.219 e. The molecule has 0 fully saturated rings. The zero-order valence-electron chi connectivity index (χ0n) is 9.60. The van der Waals surface area contributed by atoms with E-state index < -0.39 is 11.9 Å². The second kappa shape index (κ2) is 5.33. The molecule has 1 atom stereocenters. The summed E-state index contributed by atoms with van der Waals surface area (Å²) in [6, 6.07) is 7.71. The van der Waals surface area contributed by atoms with Gasteiger partial charge in [0, 0.05) is 12.3 Å². The summed E-state index contributed by atoms with van der Waals surface area (Å²) in [4.78, 5) is 3.97. The number of aliphatic hydroxyl groups is 1. The van der Waals surface area contributed by atoms with Crippen LogP contribution in [0, 0.1) is 5.82 Å². The van der Waals surface area contributed by atoms with Crippen LogP contribution in [-0.2, 0) is 0 Å². The van der Waals surface area contributed by atoms with Gasteiger partial charge in [0.2, 0.25) is 5.88 Å². The number of nitrogens with zero attached hydrogens (tertiary/aromatic N) is 1. The number of hydrogen-bond acceptors (Lipinski definition) is 3. The third-order valence-electron chi connectivity index (χ3n) is 2.37. The van der Waals surface area contributed by atoms with Crippen LogP contribution in [0.1, 0.15) is 18.6 Å². The molecule has 0 saturated heterocycles. The molecule has 2 rings (SSSR count). The maximum Gasteiger partial charge on any atom is 0.219 e. The molecule has 0 spiro atoms. The molecule has 5 heteroatoms. The Kier molecular flexibility index (Phi) is 3.79. The first-order valence-electron chi connectivity index (χ1n) is 5.34. The van der Waals surface area contributed by atoms with Crippen LogP contribution in [-0.4, -0.2) is 10.1 Å². The number of hydrogen-bond donors (Lipinski definition) is 1. The Morgan fingerprint density at radius 1 is 1.33 bits per heavy atom. The van der Waals surface area contributed by atoms with Crippen molar-refractivity contribution in [1.82, 2.24) is 4.98 Å². The molecule has 1 aromatic carbocycles. The van der Waals surface area contributed by atoms with Gasteiger partial charge in [0.05, 0.1) is 11.1 Å². The van der Waals surface area contributed by atoms with E-state index in [-0.39, 0.29) is 16.7 Å². The summed E-state index contributed by atoms with van der Waals surface area (Å²) in [7, 11) is 0. The topological polar surface area (TPSA) is 42.4 Å². The van der Waals surface area contributed by atoms with E-state index in [1.165, 1.54) is 18.3 Å². The molecule has 1 heterocycles. The van der Waals surface area contributed by atoms with Crippen molar-refractivity contribution in [2.24, 2.45) is 0 Å². The predicted molar refractivity (Wildman–Crippen MR) is 66.4 cm³/mol. The van der Waals surface area contributed by atoms with E-state index in [1.807, 2.05) is 0 Å². The van der Waals surface area contributed by atoms with Crippen LogP contribution in [0.5, 0.6) is 11.6 Å². The third kappa shape index (κ3) is 2.78. The minimum atomic E-state index is -0.624. The monoisotopic (exact) mass is 267 g/mol. The van der Waals surface area contributed by atoms with Gasteiger partial charge in [-0.25, -0.2) is 9.37 Å². The second-order valence-electron chi connectivity index (χ2n) is 3.76. The minimum absolute atomic E-state index is 0.00639. The molecule has 2 aromatic rings. The summed E-state index contributed by atoms with van der Waals surface area (Å²) in [6.07, 6.45) is 0.872. The number of aromatic nitrogens is 1. The molecule has 0 radical (unpaired) electrons. The van der Waals surface area contributed by atoms with Crippen LogP contribution < -0.4 is 4.74 Å². The lowest BCUT2D eigenvalue weighted by atomic mass is 10.2. The Bertz CT molecular complexity index is 543. The van der Waals surface area contributed by atoms with Crippen molar-refractivity contribution in [3.63, 3.8) is 0 Å². The molecule has 0 aliphatic heterocycles. The van der Waals surface area contributed by atoms with E-state index in [1.54, 1.807) is 25.1 Å². The SMILES string of the molecule is C[C@@H](O)c1ccc(Oc2cccc(Cl)c2F)nc1. The first kappa shape index (κ1) is 12.8. The van der Waals surface area contributed by atoms with Crippen LogP contribution in [0.3, 0.4) is 0 Å². The van der Waals surface area contributed by atoms with Crippen molar-refractivity contribution < 1.29 is 14.2 Å². The van der Waals surface area contributed by atoms with Crippen molar-refractivity contribution in [1.29, 1.82) is 0 Å². The number of rotatable bonds is 3. The number of ether oxygens (including phenoxy) is 1. The highest BCUT2D eigenvalue weighted by molar-refractivity contribution is 6.30. The lowest BCUT2D eigenvalue weighted by Gasteiger charge is -2.08. The first-order valence-corrected chi connectivity index (χ1v) is 5.71. The zero-order valence-corrected chi connectivity index (χ0v) is 10.4. The van der Waals surface area contributed by atoms with Gasteiger partial charge in [-0.2, -0.15) is 0 Å². The summed E-state index contributed by atoms with van der Waals surface area (Å²) in [6.45, 7) is 1.63. The number of pyridine rings is 1. The summed E-state index contributed by atoms with van der Waals surface area (Å²) in [5.41, 5.74) is 0.661. The molecular formula is C13H11ClFNO2. The van der Waals surface area contributed by atoms with E-state index in [0.29, 0.717) is 5.56 Å². The lowest BCUT2D eigenvalue weighted by Crippen LogP contribution is -1.95. The van der Waals surface area contributed by atoms with Gasteiger partial charge in [-0.05, 0) is 30.7 Å². The van der Waals surface area contributed by atoms with Gasteiger partial charge in [-0.1, -0.05) is 17.7 Å². The molecule has 1 aromatic heterocycles. The van der Waals surface area contributed by atoms with Crippen LogP contribution >= 0.6 is 11.6 Å². The highest BCUT2D eigenvalue weighted by atomic mass is 35.5. The average Bonchev–Trinajstić information content (AvgIpc) is 2.36. The van der Waals surface area contributed by atoms with Gasteiger partial charge in [0.15, 0.2) is 11.6 Å². The van der Waals surface area contributed by atoms with Crippen molar-refractivity contribution in [2.45, 2.75) is 13.0 Å². The van der Waals surface area contributed by atoms with Gasteiger partial charge >= 0.3 is 0 Å². The van der Waals surface area contributed by atoms with Gasteiger partial charge in [0.1, 0.15) is 0 Å². The molecule has 0 saturated carbocycles. The second-order valence-corrected chi connectivity index (χ2v) is 4.17. The van der Waals surface area contributed by atoms with E-state index in [4.69, 9.17) is 16.3 Å². The maximum absolute atomic E-state index is 13.6. The Labute approximate surface area is 109 Å².